The Morgan fingerprint density at radius 3 is 3.11 bits per heavy atom. The first-order chi connectivity index (χ1) is 8.70. The van der Waals surface area contributed by atoms with E-state index in [0.29, 0.717) is 12.3 Å². The van der Waals surface area contributed by atoms with Crippen LogP contribution in [0.3, 0.4) is 0 Å². The Hall–Kier alpha value is -1.46. The number of nitrogens with zero attached hydrogens (tertiary/aromatic N) is 1. The van der Waals surface area contributed by atoms with Gasteiger partial charge in [-0.15, -0.1) is 11.3 Å². The Morgan fingerprint density at radius 2 is 2.39 bits per heavy atom. The van der Waals surface area contributed by atoms with E-state index in [1.54, 1.807) is 11.3 Å². The number of hydrogen-bond acceptors (Lipinski definition) is 4. The molecule has 4 nitrogen and oxygen atoms in total. The molecule has 0 saturated carbocycles. The van der Waals surface area contributed by atoms with Crippen LogP contribution in [0.2, 0.25) is 0 Å². The van der Waals surface area contributed by atoms with Gasteiger partial charge in [-0.05, 0) is 44.1 Å². The topological polar surface area (TPSA) is 54.0 Å². The fourth-order valence-corrected chi connectivity index (χ4v) is 2.95. The molecule has 1 aliphatic rings. The van der Waals surface area contributed by atoms with Crippen LogP contribution < -0.4 is 10.6 Å². The number of rotatable bonds is 3. The van der Waals surface area contributed by atoms with Gasteiger partial charge in [0.15, 0.2) is 0 Å². The first-order valence-electron chi connectivity index (χ1n) is 6.08. The zero-order valence-electron chi connectivity index (χ0n) is 10.2. The molecule has 1 aromatic carbocycles. The molecule has 1 aliphatic heterocycles. The largest absolute Gasteiger partial charge is 0.326 e. The molecule has 0 atom stereocenters. The second-order valence-corrected chi connectivity index (χ2v) is 5.93. The lowest BCUT2D eigenvalue weighted by Gasteiger charge is -2.26. The summed E-state index contributed by atoms with van der Waals surface area (Å²) in [5.74, 6) is 0.599. The Bertz CT molecular complexity index is 589. The molecule has 0 radical (unpaired) electrons. The van der Waals surface area contributed by atoms with Crippen LogP contribution in [0.5, 0.6) is 0 Å². The first-order valence-corrected chi connectivity index (χ1v) is 6.90. The van der Waals surface area contributed by atoms with E-state index in [4.69, 9.17) is 0 Å². The van der Waals surface area contributed by atoms with Crippen LogP contribution in [0.25, 0.3) is 10.2 Å². The molecule has 94 valence electrons. The van der Waals surface area contributed by atoms with Crippen molar-refractivity contribution in [2.45, 2.75) is 13.3 Å². The van der Waals surface area contributed by atoms with Gasteiger partial charge in [0.25, 0.3) is 0 Å². The first kappa shape index (κ1) is 11.6. The van der Waals surface area contributed by atoms with Gasteiger partial charge in [-0.2, -0.15) is 0 Å². The third-order valence-corrected chi connectivity index (χ3v) is 4.05. The minimum Gasteiger partial charge on any atom is -0.326 e. The number of benzene rings is 1. The summed E-state index contributed by atoms with van der Waals surface area (Å²) in [4.78, 5) is 16.2. The maximum atomic E-state index is 11.8. The van der Waals surface area contributed by atoms with Crippen LogP contribution in [-0.4, -0.2) is 24.0 Å². The summed E-state index contributed by atoms with van der Waals surface area (Å²) in [5.41, 5.74) is 1.86. The SMILES string of the molecule is Cc1nc2ccc(NC(=O)CC3CNC3)cc2s1. The summed E-state index contributed by atoms with van der Waals surface area (Å²) in [6.45, 7) is 3.91. The lowest BCUT2D eigenvalue weighted by atomic mass is 9.99. The molecule has 18 heavy (non-hydrogen) atoms. The zero-order valence-corrected chi connectivity index (χ0v) is 11.0. The Morgan fingerprint density at radius 1 is 1.56 bits per heavy atom. The molecule has 1 aromatic heterocycles. The average Bonchev–Trinajstić information content (AvgIpc) is 2.63. The van der Waals surface area contributed by atoms with Crippen molar-refractivity contribution in [3.05, 3.63) is 23.2 Å². The number of hydrogen-bond donors (Lipinski definition) is 2. The van der Waals surface area contributed by atoms with Gasteiger partial charge in [0.2, 0.25) is 5.91 Å². The lowest BCUT2D eigenvalue weighted by Crippen LogP contribution is -2.43. The molecule has 0 unspecified atom stereocenters. The minimum atomic E-state index is 0.0992. The molecule has 3 rings (SSSR count). The number of nitrogens with one attached hydrogen (secondary N) is 2. The highest BCUT2D eigenvalue weighted by Gasteiger charge is 2.20. The molecule has 2 aromatic rings. The molecule has 0 bridgehead atoms. The highest BCUT2D eigenvalue weighted by atomic mass is 32.1. The van der Waals surface area contributed by atoms with Crippen LogP contribution in [0.1, 0.15) is 11.4 Å². The molecule has 1 fully saturated rings. The number of carbonyl (C=O) groups excluding carboxylic acids is 1. The van der Waals surface area contributed by atoms with Gasteiger partial charge in [0.1, 0.15) is 0 Å². The van der Waals surface area contributed by atoms with Gasteiger partial charge in [0.05, 0.1) is 15.2 Å². The third-order valence-electron chi connectivity index (χ3n) is 3.12. The molecule has 5 heteroatoms. The average molecular weight is 261 g/mol. The normalized spacial score (nSPS) is 15.6. The van der Waals surface area contributed by atoms with Crippen LogP contribution in [0, 0.1) is 12.8 Å². The van der Waals surface area contributed by atoms with E-state index in [0.717, 1.165) is 34.0 Å². The van der Waals surface area contributed by atoms with Gasteiger partial charge in [0, 0.05) is 12.1 Å². The number of amides is 1. The monoisotopic (exact) mass is 261 g/mol. The predicted octanol–water partition coefficient (Wildman–Crippen LogP) is 2.15. The maximum absolute atomic E-state index is 11.8. The molecular formula is C13H15N3OS. The van der Waals surface area contributed by atoms with Crippen molar-refractivity contribution in [3.63, 3.8) is 0 Å². The highest BCUT2D eigenvalue weighted by molar-refractivity contribution is 7.18. The molecule has 2 heterocycles. The van der Waals surface area contributed by atoms with Gasteiger partial charge >= 0.3 is 0 Å². The summed E-state index contributed by atoms with van der Waals surface area (Å²) in [5, 5.41) is 7.18. The summed E-state index contributed by atoms with van der Waals surface area (Å²) in [7, 11) is 0. The van der Waals surface area contributed by atoms with Crippen LogP contribution in [0.15, 0.2) is 18.2 Å². The van der Waals surface area contributed by atoms with Gasteiger partial charge < -0.3 is 10.6 Å². The Labute approximate surface area is 109 Å². The van der Waals surface area contributed by atoms with Crippen LogP contribution in [0.4, 0.5) is 5.69 Å². The van der Waals surface area contributed by atoms with E-state index >= 15 is 0 Å². The summed E-state index contributed by atoms with van der Waals surface area (Å²) in [6.07, 6.45) is 0.604. The van der Waals surface area contributed by atoms with Crippen molar-refractivity contribution in [2.75, 3.05) is 18.4 Å². The number of aromatic nitrogens is 1. The number of thiazole rings is 1. The fraction of sp³-hybridized carbons (Fsp3) is 0.385. The van der Waals surface area contributed by atoms with Gasteiger partial charge in [-0.1, -0.05) is 0 Å². The van der Waals surface area contributed by atoms with Crippen molar-refractivity contribution < 1.29 is 4.79 Å². The smallest absolute Gasteiger partial charge is 0.224 e. The fourth-order valence-electron chi connectivity index (χ4n) is 2.08. The number of anilines is 1. The molecular weight excluding hydrogens is 246 g/mol. The molecule has 1 amide bonds. The van der Waals surface area contributed by atoms with E-state index in [1.807, 2.05) is 25.1 Å². The van der Waals surface area contributed by atoms with Gasteiger partial charge in [-0.3, -0.25) is 4.79 Å². The van der Waals surface area contributed by atoms with E-state index in [1.165, 1.54) is 0 Å². The number of aryl methyl sites for hydroxylation is 1. The number of fused-ring (bicyclic) bond motifs is 1. The standard InChI is InChI=1S/C13H15N3OS/c1-8-15-11-3-2-10(5-12(11)18-8)16-13(17)4-9-6-14-7-9/h2-3,5,9,14H,4,6-7H2,1H3,(H,16,17). The maximum Gasteiger partial charge on any atom is 0.224 e. The van der Waals surface area contributed by atoms with E-state index in [-0.39, 0.29) is 5.91 Å². The summed E-state index contributed by atoms with van der Waals surface area (Å²) >= 11 is 1.65. The quantitative estimate of drug-likeness (QED) is 0.890. The van der Waals surface area contributed by atoms with Crippen molar-refractivity contribution in [2.24, 2.45) is 5.92 Å². The summed E-state index contributed by atoms with van der Waals surface area (Å²) in [6, 6.07) is 5.87. The second-order valence-electron chi connectivity index (χ2n) is 4.69. The number of carbonyl (C=O) groups is 1. The minimum absolute atomic E-state index is 0.0992. The Kier molecular flexibility index (Phi) is 3.01. The van der Waals surface area contributed by atoms with Crippen LogP contribution in [-0.2, 0) is 4.79 Å². The molecule has 2 N–H and O–H groups in total. The van der Waals surface area contributed by atoms with Crippen molar-refractivity contribution >= 4 is 33.1 Å². The molecule has 0 aliphatic carbocycles. The van der Waals surface area contributed by atoms with E-state index in [9.17, 15) is 4.79 Å². The second kappa shape index (κ2) is 4.66. The van der Waals surface area contributed by atoms with Crippen molar-refractivity contribution in [3.8, 4) is 0 Å². The lowest BCUT2D eigenvalue weighted by molar-refractivity contribution is -0.117. The third kappa shape index (κ3) is 2.37. The van der Waals surface area contributed by atoms with Crippen molar-refractivity contribution in [1.82, 2.24) is 10.3 Å². The highest BCUT2D eigenvalue weighted by Crippen LogP contribution is 2.25. The van der Waals surface area contributed by atoms with E-state index < -0.39 is 0 Å². The Balaban J connectivity index is 1.71. The zero-order chi connectivity index (χ0) is 12.5. The predicted molar refractivity (Wildman–Crippen MR) is 74.0 cm³/mol. The summed E-state index contributed by atoms with van der Waals surface area (Å²) < 4.78 is 1.12. The van der Waals surface area contributed by atoms with Gasteiger partial charge in [-0.25, -0.2) is 4.98 Å². The van der Waals surface area contributed by atoms with E-state index in [2.05, 4.69) is 15.6 Å². The molecule has 1 saturated heterocycles. The van der Waals surface area contributed by atoms with Crippen LogP contribution >= 0.6 is 11.3 Å². The van der Waals surface area contributed by atoms with Crippen molar-refractivity contribution in [1.29, 1.82) is 0 Å². The molecule has 0 spiro atoms.